The summed E-state index contributed by atoms with van der Waals surface area (Å²) in [7, 11) is 1.53. The SMILES string of the molecule is COc1cc(-c2cc(=[NH+]CC3CCCO3)c3ccccc3o2)ccc1O. The molecule has 0 aliphatic carbocycles. The summed E-state index contributed by atoms with van der Waals surface area (Å²) in [5, 5.41) is 11.9. The van der Waals surface area contributed by atoms with E-state index >= 15 is 0 Å². The number of aromatic hydroxyl groups is 1. The van der Waals surface area contributed by atoms with Gasteiger partial charge < -0.3 is 19.0 Å². The summed E-state index contributed by atoms with van der Waals surface area (Å²) < 4.78 is 17.0. The van der Waals surface area contributed by atoms with Gasteiger partial charge in [-0.05, 0) is 43.2 Å². The maximum Gasteiger partial charge on any atom is 0.213 e. The smallest absolute Gasteiger partial charge is 0.213 e. The van der Waals surface area contributed by atoms with Crippen LogP contribution in [0.25, 0.3) is 22.3 Å². The average Bonchev–Trinajstić information content (AvgIpc) is 3.20. The molecule has 1 aliphatic heterocycles. The van der Waals surface area contributed by atoms with E-state index in [4.69, 9.17) is 13.9 Å². The molecule has 5 heteroatoms. The fourth-order valence-corrected chi connectivity index (χ4v) is 3.28. The Labute approximate surface area is 151 Å². The summed E-state index contributed by atoms with van der Waals surface area (Å²) in [5.74, 6) is 1.23. The van der Waals surface area contributed by atoms with E-state index in [0.29, 0.717) is 11.5 Å². The highest BCUT2D eigenvalue weighted by molar-refractivity contribution is 5.78. The van der Waals surface area contributed by atoms with Crippen LogP contribution in [0.2, 0.25) is 0 Å². The van der Waals surface area contributed by atoms with E-state index < -0.39 is 0 Å². The molecule has 0 spiro atoms. The predicted octanol–water partition coefficient (Wildman–Crippen LogP) is 1.97. The molecule has 1 fully saturated rings. The molecule has 2 heterocycles. The molecular formula is C21H22NO4+. The van der Waals surface area contributed by atoms with Crippen LogP contribution in [-0.4, -0.2) is 31.5 Å². The zero-order valence-electron chi connectivity index (χ0n) is 14.7. The van der Waals surface area contributed by atoms with Crippen molar-refractivity contribution in [3.05, 3.63) is 53.9 Å². The van der Waals surface area contributed by atoms with Crippen LogP contribution in [0.5, 0.6) is 11.5 Å². The summed E-state index contributed by atoms with van der Waals surface area (Å²) in [6.45, 7) is 1.61. The standard InChI is InChI=1S/C21H21NO4/c1-24-21-11-14(8-9-18(21)23)20-12-17(22-13-15-5-4-10-25-15)16-6-2-3-7-19(16)26-20/h2-3,6-9,11-12,15,23H,4-5,10,13H2,1H3/p+1. The maximum absolute atomic E-state index is 9.83. The van der Waals surface area contributed by atoms with E-state index in [9.17, 15) is 5.11 Å². The third kappa shape index (κ3) is 3.30. The average molecular weight is 352 g/mol. The topological polar surface area (TPSA) is 65.8 Å². The Morgan fingerprint density at radius 2 is 2.08 bits per heavy atom. The molecule has 0 saturated carbocycles. The number of hydrogen-bond acceptors (Lipinski definition) is 4. The van der Waals surface area contributed by atoms with Crippen LogP contribution in [0.15, 0.2) is 52.9 Å². The fourth-order valence-electron chi connectivity index (χ4n) is 3.28. The van der Waals surface area contributed by atoms with Gasteiger partial charge in [0.1, 0.15) is 17.4 Å². The summed E-state index contributed by atoms with van der Waals surface area (Å²) in [6.07, 6.45) is 2.46. The molecule has 3 aromatic rings. The lowest BCUT2D eigenvalue weighted by atomic mass is 10.1. The molecule has 1 aromatic heterocycles. The van der Waals surface area contributed by atoms with Gasteiger partial charge in [0.15, 0.2) is 18.0 Å². The van der Waals surface area contributed by atoms with Gasteiger partial charge in [0.25, 0.3) is 0 Å². The first-order chi connectivity index (χ1) is 12.7. The maximum atomic E-state index is 9.83. The van der Waals surface area contributed by atoms with Crippen LogP contribution >= 0.6 is 0 Å². The molecule has 2 N–H and O–H groups in total. The Morgan fingerprint density at radius 1 is 1.19 bits per heavy atom. The molecule has 0 radical (unpaired) electrons. The van der Waals surface area contributed by atoms with E-state index in [1.54, 1.807) is 12.1 Å². The number of hydrogen-bond donors (Lipinski definition) is 2. The summed E-state index contributed by atoms with van der Waals surface area (Å²) >= 11 is 0. The third-order valence-electron chi connectivity index (χ3n) is 4.68. The van der Waals surface area contributed by atoms with Crippen molar-refractivity contribution in [1.29, 1.82) is 0 Å². The highest BCUT2D eigenvalue weighted by atomic mass is 16.5. The van der Waals surface area contributed by atoms with Crippen molar-refractivity contribution in [2.75, 3.05) is 20.3 Å². The number of para-hydroxylation sites is 1. The minimum atomic E-state index is 0.105. The van der Waals surface area contributed by atoms with Crippen LogP contribution in [0, 0.1) is 0 Å². The van der Waals surface area contributed by atoms with Gasteiger partial charge in [-0.15, -0.1) is 0 Å². The molecule has 1 saturated heterocycles. The lowest BCUT2D eigenvalue weighted by Crippen LogP contribution is -2.79. The van der Waals surface area contributed by atoms with Crippen molar-refractivity contribution in [3.8, 4) is 22.8 Å². The highest BCUT2D eigenvalue weighted by Crippen LogP contribution is 2.31. The van der Waals surface area contributed by atoms with Crippen molar-refractivity contribution in [3.63, 3.8) is 0 Å². The van der Waals surface area contributed by atoms with Crippen molar-refractivity contribution in [2.45, 2.75) is 18.9 Å². The van der Waals surface area contributed by atoms with Gasteiger partial charge in [0.05, 0.1) is 18.6 Å². The number of rotatable bonds is 4. The second kappa shape index (κ2) is 7.22. The molecule has 1 atom stereocenters. The Balaban J connectivity index is 1.82. The first-order valence-corrected chi connectivity index (χ1v) is 8.83. The Morgan fingerprint density at radius 3 is 2.88 bits per heavy atom. The molecular weight excluding hydrogens is 330 g/mol. The third-order valence-corrected chi connectivity index (χ3v) is 4.68. The first kappa shape index (κ1) is 16.7. The van der Waals surface area contributed by atoms with E-state index in [0.717, 1.165) is 47.9 Å². The van der Waals surface area contributed by atoms with Gasteiger partial charge in [0.2, 0.25) is 5.36 Å². The molecule has 26 heavy (non-hydrogen) atoms. The number of nitrogens with one attached hydrogen (secondary N) is 1. The van der Waals surface area contributed by atoms with Crippen molar-refractivity contribution < 1.29 is 24.0 Å². The lowest BCUT2D eigenvalue weighted by molar-refractivity contribution is -0.509. The molecule has 134 valence electrons. The first-order valence-electron chi connectivity index (χ1n) is 8.83. The van der Waals surface area contributed by atoms with E-state index in [1.807, 2.05) is 36.4 Å². The van der Waals surface area contributed by atoms with Gasteiger partial charge in [-0.25, -0.2) is 4.99 Å². The molecule has 0 bridgehead atoms. The number of phenols is 1. The molecule has 0 amide bonds. The van der Waals surface area contributed by atoms with Gasteiger partial charge >= 0.3 is 0 Å². The minimum absolute atomic E-state index is 0.105. The Kier molecular flexibility index (Phi) is 4.63. The summed E-state index contributed by atoms with van der Waals surface area (Å²) in [4.78, 5) is 3.51. The summed E-state index contributed by atoms with van der Waals surface area (Å²) in [6, 6.07) is 15.1. The zero-order valence-corrected chi connectivity index (χ0v) is 14.7. The normalized spacial score (nSPS) is 17.7. The monoisotopic (exact) mass is 352 g/mol. The number of benzene rings is 2. The lowest BCUT2D eigenvalue weighted by Gasteiger charge is -2.07. The van der Waals surface area contributed by atoms with Gasteiger partial charge in [0, 0.05) is 12.2 Å². The Bertz CT molecular complexity index is 987. The number of methoxy groups -OCH3 is 1. The number of phenolic OH excluding ortho intramolecular Hbond substituents is 1. The second-order valence-corrected chi connectivity index (χ2v) is 6.42. The van der Waals surface area contributed by atoms with Crippen molar-refractivity contribution in [2.24, 2.45) is 0 Å². The van der Waals surface area contributed by atoms with Crippen LogP contribution < -0.4 is 15.1 Å². The van der Waals surface area contributed by atoms with Crippen LogP contribution in [0.1, 0.15) is 12.8 Å². The van der Waals surface area contributed by atoms with E-state index in [-0.39, 0.29) is 11.9 Å². The largest absolute Gasteiger partial charge is 0.504 e. The minimum Gasteiger partial charge on any atom is -0.504 e. The predicted molar refractivity (Wildman–Crippen MR) is 97.8 cm³/mol. The fraction of sp³-hybridized carbons (Fsp3) is 0.286. The molecule has 1 aliphatic rings. The van der Waals surface area contributed by atoms with Crippen LogP contribution in [-0.2, 0) is 4.74 Å². The zero-order chi connectivity index (χ0) is 17.9. The molecule has 2 aromatic carbocycles. The molecule has 4 rings (SSSR count). The van der Waals surface area contributed by atoms with E-state index in [1.165, 1.54) is 7.11 Å². The van der Waals surface area contributed by atoms with Crippen LogP contribution in [0.3, 0.4) is 0 Å². The highest BCUT2D eigenvalue weighted by Gasteiger charge is 2.18. The van der Waals surface area contributed by atoms with Crippen molar-refractivity contribution >= 4 is 11.0 Å². The van der Waals surface area contributed by atoms with Crippen LogP contribution in [0.4, 0.5) is 0 Å². The number of ether oxygens (including phenoxy) is 2. The van der Waals surface area contributed by atoms with E-state index in [2.05, 4.69) is 4.99 Å². The Hall–Kier alpha value is -2.79. The van der Waals surface area contributed by atoms with Gasteiger partial charge in [-0.3, -0.25) is 0 Å². The second-order valence-electron chi connectivity index (χ2n) is 6.42. The quantitative estimate of drug-likeness (QED) is 0.754. The molecule has 5 nitrogen and oxygen atoms in total. The van der Waals surface area contributed by atoms with Crippen molar-refractivity contribution in [1.82, 2.24) is 0 Å². The van der Waals surface area contributed by atoms with Gasteiger partial charge in [-0.1, -0.05) is 12.1 Å². The number of fused-ring (bicyclic) bond motifs is 1. The molecule has 1 unspecified atom stereocenters. The van der Waals surface area contributed by atoms with Gasteiger partial charge in [-0.2, -0.15) is 0 Å². The summed E-state index contributed by atoms with van der Waals surface area (Å²) in [5.41, 5.74) is 1.64.